The second-order valence-corrected chi connectivity index (χ2v) is 6.33. The van der Waals surface area contributed by atoms with Crippen LogP contribution in [-0.4, -0.2) is 42.2 Å². The topological polar surface area (TPSA) is 92.9 Å². The van der Waals surface area contributed by atoms with E-state index in [0.29, 0.717) is 18.3 Å². The number of amidine groups is 1. The molecular formula is C10H11N3O4S2. The highest BCUT2D eigenvalue weighted by atomic mass is 32.2. The summed E-state index contributed by atoms with van der Waals surface area (Å²) in [5.74, 6) is 0. The van der Waals surface area contributed by atoms with E-state index in [-0.39, 0.29) is 10.6 Å². The van der Waals surface area contributed by atoms with Gasteiger partial charge in [-0.25, -0.2) is 12.7 Å². The van der Waals surface area contributed by atoms with E-state index in [1.54, 1.807) is 6.26 Å². The number of hydrogen-bond acceptors (Lipinski definition) is 6. The number of thioether (sulfide) groups is 1. The first-order valence-corrected chi connectivity index (χ1v) is 7.99. The van der Waals surface area contributed by atoms with Gasteiger partial charge in [-0.15, -0.1) is 0 Å². The Morgan fingerprint density at radius 2 is 2.00 bits per heavy atom. The maximum absolute atomic E-state index is 12.3. The molecule has 0 amide bonds. The summed E-state index contributed by atoms with van der Waals surface area (Å²) in [5, 5.41) is 11.0. The van der Waals surface area contributed by atoms with Crippen molar-refractivity contribution < 1.29 is 13.3 Å². The lowest BCUT2D eigenvalue weighted by Crippen LogP contribution is -2.32. The highest BCUT2D eigenvalue weighted by molar-refractivity contribution is 8.14. The summed E-state index contributed by atoms with van der Waals surface area (Å²) in [6.07, 6.45) is 1.75. The van der Waals surface area contributed by atoms with Gasteiger partial charge in [0.15, 0.2) is 5.17 Å². The first kappa shape index (κ1) is 13.8. The molecule has 0 fully saturated rings. The number of hydrogen-bond donors (Lipinski definition) is 0. The molecule has 1 aliphatic heterocycles. The zero-order valence-corrected chi connectivity index (χ0v) is 11.6. The Bertz CT molecular complexity index is 625. The van der Waals surface area contributed by atoms with Gasteiger partial charge >= 0.3 is 0 Å². The summed E-state index contributed by atoms with van der Waals surface area (Å²) in [5.41, 5.74) is -0.140. The van der Waals surface area contributed by atoms with Crippen molar-refractivity contribution in [2.24, 2.45) is 4.99 Å². The molecule has 0 saturated heterocycles. The van der Waals surface area contributed by atoms with Gasteiger partial charge in [0, 0.05) is 12.1 Å². The fourth-order valence-electron chi connectivity index (χ4n) is 1.67. The van der Waals surface area contributed by atoms with Gasteiger partial charge in [0.05, 0.1) is 22.9 Å². The Morgan fingerprint density at radius 1 is 1.37 bits per heavy atom. The zero-order chi connectivity index (χ0) is 14.0. The van der Waals surface area contributed by atoms with Crippen molar-refractivity contribution >= 4 is 32.6 Å². The molecule has 0 bridgehead atoms. The van der Waals surface area contributed by atoms with E-state index in [9.17, 15) is 18.5 Å². The largest absolute Gasteiger partial charge is 0.269 e. The van der Waals surface area contributed by atoms with Crippen molar-refractivity contribution in [2.45, 2.75) is 4.90 Å². The van der Waals surface area contributed by atoms with Crippen LogP contribution in [0, 0.1) is 10.1 Å². The van der Waals surface area contributed by atoms with Crippen molar-refractivity contribution in [3.05, 3.63) is 34.4 Å². The number of nitrogens with zero attached hydrogens (tertiary/aromatic N) is 3. The summed E-state index contributed by atoms with van der Waals surface area (Å²) in [6.45, 7) is 0.734. The number of rotatable bonds is 3. The van der Waals surface area contributed by atoms with Crippen LogP contribution in [0.25, 0.3) is 0 Å². The van der Waals surface area contributed by atoms with Crippen LogP contribution in [0.15, 0.2) is 34.2 Å². The molecule has 19 heavy (non-hydrogen) atoms. The lowest BCUT2D eigenvalue weighted by molar-refractivity contribution is -0.384. The highest BCUT2D eigenvalue weighted by Gasteiger charge is 2.30. The predicted molar refractivity (Wildman–Crippen MR) is 72.8 cm³/mol. The molecule has 1 aromatic carbocycles. The summed E-state index contributed by atoms with van der Waals surface area (Å²) in [4.78, 5) is 14.1. The van der Waals surface area contributed by atoms with E-state index >= 15 is 0 Å². The van der Waals surface area contributed by atoms with Crippen LogP contribution in [0.2, 0.25) is 0 Å². The van der Waals surface area contributed by atoms with E-state index in [4.69, 9.17) is 0 Å². The average Bonchev–Trinajstić information content (AvgIpc) is 2.87. The number of nitro groups is 1. The predicted octanol–water partition coefficient (Wildman–Crippen LogP) is 1.32. The van der Waals surface area contributed by atoms with Gasteiger partial charge < -0.3 is 0 Å². The summed E-state index contributed by atoms with van der Waals surface area (Å²) in [7, 11) is -3.68. The molecule has 102 valence electrons. The second kappa shape index (κ2) is 5.17. The van der Waals surface area contributed by atoms with Crippen molar-refractivity contribution in [1.29, 1.82) is 0 Å². The standard InChI is InChI=1S/C10H11N3O4S2/c1-18-10-11-6-7-12(10)19(16,17)9-4-2-8(3-5-9)13(14)15/h2-5H,6-7H2,1H3. The Labute approximate surface area is 114 Å². The minimum Gasteiger partial charge on any atom is -0.260 e. The van der Waals surface area contributed by atoms with Crippen LogP contribution in [0.4, 0.5) is 5.69 Å². The van der Waals surface area contributed by atoms with Gasteiger partial charge in [0.2, 0.25) is 0 Å². The molecule has 0 unspecified atom stereocenters. The second-order valence-electron chi connectivity index (χ2n) is 3.70. The number of non-ortho nitro benzene ring substituents is 1. The van der Waals surface area contributed by atoms with E-state index in [2.05, 4.69) is 4.99 Å². The van der Waals surface area contributed by atoms with E-state index in [0.717, 1.165) is 0 Å². The Balaban J connectivity index is 2.35. The van der Waals surface area contributed by atoms with Crippen LogP contribution in [0.1, 0.15) is 0 Å². The molecule has 0 aromatic heterocycles. The van der Waals surface area contributed by atoms with Gasteiger partial charge in [-0.05, 0) is 18.4 Å². The molecule has 9 heteroatoms. The number of aliphatic imine (C=N–C) groups is 1. The number of nitro benzene ring substituents is 1. The first-order chi connectivity index (χ1) is 8.96. The SMILES string of the molecule is CSC1=NCCN1S(=O)(=O)c1ccc([N+](=O)[O-])cc1. The third-order valence-electron chi connectivity index (χ3n) is 2.58. The molecule has 0 N–H and O–H groups in total. The molecule has 0 saturated carbocycles. The van der Waals surface area contributed by atoms with E-state index in [1.807, 2.05) is 0 Å². The van der Waals surface area contributed by atoms with Crippen molar-refractivity contribution in [2.75, 3.05) is 19.3 Å². The van der Waals surface area contributed by atoms with Gasteiger partial charge in [0.1, 0.15) is 0 Å². The van der Waals surface area contributed by atoms with Crippen molar-refractivity contribution in [1.82, 2.24) is 4.31 Å². The van der Waals surface area contributed by atoms with Gasteiger partial charge in [-0.1, -0.05) is 11.8 Å². The molecule has 2 rings (SSSR count). The minimum atomic E-state index is -3.68. The Hall–Kier alpha value is -1.61. The van der Waals surface area contributed by atoms with Crippen LogP contribution in [0.3, 0.4) is 0 Å². The van der Waals surface area contributed by atoms with Gasteiger partial charge in [0.25, 0.3) is 15.7 Å². The highest BCUT2D eigenvalue weighted by Crippen LogP contribution is 2.24. The number of benzene rings is 1. The third kappa shape index (κ3) is 2.56. The summed E-state index contributed by atoms with van der Waals surface area (Å²) >= 11 is 1.26. The normalized spacial score (nSPS) is 15.4. The lowest BCUT2D eigenvalue weighted by atomic mass is 10.3. The van der Waals surface area contributed by atoms with E-state index < -0.39 is 14.9 Å². The third-order valence-corrected chi connectivity index (χ3v) is 5.22. The molecule has 0 atom stereocenters. The van der Waals surface area contributed by atoms with Crippen LogP contribution >= 0.6 is 11.8 Å². The monoisotopic (exact) mass is 301 g/mol. The maximum Gasteiger partial charge on any atom is 0.269 e. The summed E-state index contributed by atoms with van der Waals surface area (Å²) in [6, 6.07) is 4.84. The van der Waals surface area contributed by atoms with Crippen LogP contribution < -0.4 is 0 Å². The Kier molecular flexibility index (Phi) is 3.76. The van der Waals surface area contributed by atoms with Crippen molar-refractivity contribution in [3.8, 4) is 0 Å². The van der Waals surface area contributed by atoms with Crippen LogP contribution in [0.5, 0.6) is 0 Å². The van der Waals surface area contributed by atoms with Gasteiger partial charge in [-0.2, -0.15) is 0 Å². The molecule has 1 aromatic rings. The fraction of sp³-hybridized carbons (Fsp3) is 0.300. The average molecular weight is 301 g/mol. The smallest absolute Gasteiger partial charge is 0.260 e. The lowest BCUT2D eigenvalue weighted by Gasteiger charge is -2.18. The quantitative estimate of drug-likeness (QED) is 0.620. The molecule has 1 heterocycles. The van der Waals surface area contributed by atoms with E-state index in [1.165, 1.54) is 40.3 Å². The van der Waals surface area contributed by atoms with Crippen LogP contribution in [-0.2, 0) is 10.0 Å². The molecule has 0 spiro atoms. The molecule has 1 aliphatic rings. The Morgan fingerprint density at radius 3 is 2.53 bits per heavy atom. The molecule has 7 nitrogen and oxygen atoms in total. The van der Waals surface area contributed by atoms with Gasteiger partial charge in [-0.3, -0.25) is 15.1 Å². The fourth-order valence-corrected chi connectivity index (χ4v) is 4.02. The molecule has 0 radical (unpaired) electrons. The zero-order valence-electron chi connectivity index (χ0n) is 10.0. The number of sulfonamides is 1. The first-order valence-electron chi connectivity index (χ1n) is 5.32. The maximum atomic E-state index is 12.3. The van der Waals surface area contributed by atoms with Crippen molar-refractivity contribution in [3.63, 3.8) is 0 Å². The molecule has 0 aliphatic carbocycles. The minimum absolute atomic E-state index is 0.0294. The molecular weight excluding hydrogens is 290 g/mol. The summed E-state index contributed by atoms with van der Waals surface area (Å²) < 4.78 is 25.9.